The van der Waals surface area contributed by atoms with Gasteiger partial charge < -0.3 is 16.2 Å². The zero-order chi connectivity index (χ0) is 14.1. The first kappa shape index (κ1) is 18.9. The Bertz CT molecular complexity index is 373. The third kappa shape index (κ3) is 6.89. The van der Waals surface area contributed by atoms with Gasteiger partial charge in [0.25, 0.3) is 0 Å². The maximum absolute atomic E-state index is 11.8. The summed E-state index contributed by atoms with van der Waals surface area (Å²) in [5, 5.41) is 11.8. The molecule has 0 saturated heterocycles. The van der Waals surface area contributed by atoms with Crippen LogP contribution in [0.2, 0.25) is 0 Å². The highest BCUT2D eigenvalue weighted by molar-refractivity contribution is 5.85. The SMILES string of the molecule is CCC(CCO)CNC(=O)CC(N)c1ccccc1.Cl. The van der Waals surface area contributed by atoms with Crippen LogP contribution in [-0.4, -0.2) is 24.2 Å². The molecule has 0 aliphatic carbocycles. The lowest BCUT2D eigenvalue weighted by molar-refractivity contribution is -0.121. The molecule has 4 nitrogen and oxygen atoms in total. The standard InChI is InChI=1S/C15H24N2O2.ClH/c1-2-12(8-9-18)11-17-15(19)10-14(16)13-6-4-3-5-7-13;/h3-7,12,14,18H,2,8-11,16H2,1H3,(H,17,19);1H. The van der Waals surface area contributed by atoms with Gasteiger partial charge in [-0.25, -0.2) is 0 Å². The molecule has 1 aromatic carbocycles. The minimum atomic E-state index is -0.265. The second-order valence-electron chi connectivity index (χ2n) is 4.81. The highest BCUT2D eigenvalue weighted by Gasteiger charge is 2.12. The summed E-state index contributed by atoms with van der Waals surface area (Å²) in [5.74, 6) is 0.301. The molecule has 0 aliphatic heterocycles. The van der Waals surface area contributed by atoms with Gasteiger partial charge in [0.15, 0.2) is 0 Å². The van der Waals surface area contributed by atoms with Crippen molar-refractivity contribution in [1.82, 2.24) is 5.32 Å². The summed E-state index contributed by atoms with van der Waals surface area (Å²) < 4.78 is 0. The topological polar surface area (TPSA) is 75.3 Å². The highest BCUT2D eigenvalue weighted by atomic mass is 35.5. The lowest BCUT2D eigenvalue weighted by atomic mass is 10.0. The summed E-state index contributed by atoms with van der Waals surface area (Å²) in [6.07, 6.45) is 1.96. The van der Waals surface area contributed by atoms with Gasteiger partial charge in [-0.05, 0) is 17.9 Å². The van der Waals surface area contributed by atoms with Crippen LogP contribution in [0.3, 0.4) is 0 Å². The Labute approximate surface area is 127 Å². The Morgan fingerprint density at radius 2 is 2.00 bits per heavy atom. The first-order valence-electron chi connectivity index (χ1n) is 6.85. The Balaban J connectivity index is 0.00000361. The fourth-order valence-electron chi connectivity index (χ4n) is 1.98. The summed E-state index contributed by atoms with van der Waals surface area (Å²) >= 11 is 0. The fraction of sp³-hybridized carbons (Fsp3) is 0.533. The van der Waals surface area contributed by atoms with Crippen LogP contribution in [0.5, 0.6) is 0 Å². The summed E-state index contributed by atoms with van der Waals surface area (Å²) in [5.41, 5.74) is 6.96. The number of aliphatic hydroxyl groups excluding tert-OH is 1. The van der Waals surface area contributed by atoms with Crippen molar-refractivity contribution in [2.45, 2.75) is 32.2 Å². The van der Waals surface area contributed by atoms with Crippen LogP contribution >= 0.6 is 12.4 Å². The van der Waals surface area contributed by atoms with E-state index in [0.717, 1.165) is 18.4 Å². The number of amides is 1. The molecule has 1 amide bonds. The molecular formula is C15H25ClN2O2. The minimum Gasteiger partial charge on any atom is -0.396 e. The van der Waals surface area contributed by atoms with E-state index in [0.29, 0.717) is 18.9 Å². The molecule has 0 heterocycles. The zero-order valence-electron chi connectivity index (χ0n) is 11.9. The number of halogens is 1. The molecule has 0 bridgehead atoms. The summed E-state index contributed by atoms with van der Waals surface area (Å²) in [6, 6.07) is 9.36. The van der Waals surface area contributed by atoms with Crippen molar-refractivity contribution < 1.29 is 9.90 Å². The maximum atomic E-state index is 11.8. The molecule has 0 radical (unpaired) electrons. The van der Waals surface area contributed by atoms with Gasteiger partial charge in [-0.1, -0.05) is 43.7 Å². The van der Waals surface area contributed by atoms with Crippen LogP contribution in [0.15, 0.2) is 30.3 Å². The van der Waals surface area contributed by atoms with Crippen LogP contribution in [0, 0.1) is 5.92 Å². The van der Waals surface area contributed by atoms with Crippen LogP contribution in [0.4, 0.5) is 0 Å². The van der Waals surface area contributed by atoms with Gasteiger partial charge >= 0.3 is 0 Å². The largest absolute Gasteiger partial charge is 0.396 e. The van der Waals surface area contributed by atoms with E-state index >= 15 is 0 Å². The second-order valence-corrected chi connectivity index (χ2v) is 4.81. The van der Waals surface area contributed by atoms with Crippen LogP contribution in [0.1, 0.15) is 37.8 Å². The predicted octanol–water partition coefficient (Wildman–Crippen LogP) is 2.02. The number of aliphatic hydroxyl groups is 1. The Morgan fingerprint density at radius 1 is 1.35 bits per heavy atom. The van der Waals surface area contributed by atoms with Crippen LogP contribution in [-0.2, 0) is 4.79 Å². The van der Waals surface area contributed by atoms with Crippen molar-refractivity contribution >= 4 is 18.3 Å². The summed E-state index contributed by atoms with van der Waals surface area (Å²) in [7, 11) is 0. The van der Waals surface area contributed by atoms with Gasteiger partial charge in [0.2, 0.25) is 5.91 Å². The molecular weight excluding hydrogens is 276 g/mol. The highest BCUT2D eigenvalue weighted by Crippen LogP contribution is 2.13. The molecule has 2 unspecified atom stereocenters. The number of carbonyl (C=O) groups is 1. The second kappa shape index (κ2) is 10.7. The third-order valence-corrected chi connectivity index (χ3v) is 3.34. The fourth-order valence-corrected chi connectivity index (χ4v) is 1.98. The molecule has 114 valence electrons. The van der Waals surface area contributed by atoms with Gasteiger partial charge in [-0.15, -0.1) is 12.4 Å². The van der Waals surface area contributed by atoms with E-state index < -0.39 is 0 Å². The predicted molar refractivity (Wildman–Crippen MR) is 83.7 cm³/mol. The Hall–Kier alpha value is -1.10. The Kier molecular flexibility index (Phi) is 10.1. The minimum absolute atomic E-state index is 0. The monoisotopic (exact) mass is 300 g/mol. The van der Waals surface area contributed by atoms with Gasteiger partial charge in [0.05, 0.1) is 0 Å². The normalized spacial score (nSPS) is 13.2. The van der Waals surface area contributed by atoms with Crippen molar-refractivity contribution in [3.05, 3.63) is 35.9 Å². The number of carbonyl (C=O) groups excluding carboxylic acids is 1. The van der Waals surface area contributed by atoms with Crippen LogP contribution in [0.25, 0.3) is 0 Å². The summed E-state index contributed by atoms with van der Waals surface area (Å²) in [4.78, 5) is 11.8. The average molecular weight is 301 g/mol. The first-order valence-corrected chi connectivity index (χ1v) is 6.85. The van der Waals surface area contributed by atoms with Gasteiger partial charge in [0.1, 0.15) is 0 Å². The zero-order valence-corrected chi connectivity index (χ0v) is 12.7. The summed E-state index contributed by atoms with van der Waals surface area (Å²) in [6.45, 7) is 2.83. The quantitative estimate of drug-likeness (QED) is 0.687. The lowest BCUT2D eigenvalue weighted by Gasteiger charge is -2.16. The lowest BCUT2D eigenvalue weighted by Crippen LogP contribution is -2.31. The van der Waals surface area contributed by atoms with E-state index in [2.05, 4.69) is 12.2 Å². The molecule has 1 aromatic rings. The first-order chi connectivity index (χ1) is 9.17. The van der Waals surface area contributed by atoms with E-state index in [9.17, 15) is 4.79 Å². The van der Waals surface area contributed by atoms with Crippen molar-refractivity contribution in [3.8, 4) is 0 Å². The third-order valence-electron chi connectivity index (χ3n) is 3.34. The smallest absolute Gasteiger partial charge is 0.221 e. The number of rotatable bonds is 8. The average Bonchev–Trinajstić information content (AvgIpc) is 2.44. The number of hydrogen-bond acceptors (Lipinski definition) is 3. The molecule has 0 spiro atoms. The maximum Gasteiger partial charge on any atom is 0.221 e. The van der Waals surface area contributed by atoms with Crippen molar-refractivity contribution in [2.75, 3.05) is 13.2 Å². The molecule has 0 aromatic heterocycles. The molecule has 20 heavy (non-hydrogen) atoms. The van der Waals surface area contributed by atoms with E-state index in [-0.39, 0.29) is 31.0 Å². The van der Waals surface area contributed by atoms with Gasteiger partial charge in [-0.3, -0.25) is 4.79 Å². The van der Waals surface area contributed by atoms with Gasteiger partial charge in [0, 0.05) is 25.6 Å². The number of benzene rings is 1. The number of nitrogens with two attached hydrogens (primary N) is 1. The molecule has 2 atom stereocenters. The van der Waals surface area contributed by atoms with Gasteiger partial charge in [-0.2, -0.15) is 0 Å². The molecule has 0 aliphatic rings. The molecule has 1 rings (SSSR count). The van der Waals surface area contributed by atoms with E-state index in [4.69, 9.17) is 10.8 Å². The van der Waals surface area contributed by atoms with E-state index in [1.165, 1.54) is 0 Å². The van der Waals surface area contributed by atoms with E-state index in [1.807, 2.05) is 30.3 Å². The number of hydrogen-bond donors (Lipinski definition) is 3. The van der Waals surface area contributed by atoms with Crippen LogP contribution < -0.4 is 11.1 Å². The molecule has 4 N–H and O–H groups in total. The van der Waals surface area contributed by atoms with E-state index in [1.54, 1.807) is 0 Å². The van der Waals surface area contributed by atoms with Crippen molar-refractivity contribution in [3.63, 3.8) is 0 Å². The molecule has 0 saturated carbocycles. The molecule has 5 heteroatoms. The van der Waals surface area contributed by atoms with Crippen molar-refractivity contribution in [1.29, 1.82) is 0 Å². The van der Waals surface area contributed by atoms with Crippen molar-refractivity contribution in [2.24, 2.45) is 11.7 Å². The number of nitrogens with one attached hydrogen (secondary N) is 1. The molecule has 0 fully saturated rings. The Morgan fingerprint density at radius 3 is 2.55 bits per heavy atom.